The quantitative estimate of drug-likeness (QED) is 0.679. The van der Waals surface area contributed by atoms with Crippen molar-refractivity contribution < 1.29 is 19.4 Å². The molecule has 2 aromatic carbocycles. The molecule has 0 aliphatic carbocycles. The fourth-order valence-corrected chi connectivity index (χ4v) is 1.88. The van der Waals surface area contributed by atoms with E-state index in [2.05, 4.69) is 4.99 Å². The van der Waals surface area contributed by atoms with Crippen LogP contribution in [0.4, 0.5) is 5.69 Å². The molecule has 0 fully saturated rings. The molecule has 0 saturated heterocycles. The Morgan fingerprint density at radius 2 is 2.05 bits per heavy atom. The second-order valence-electron chi connectivity index (χ2n) is 4.43. The highest BCUT2D eigenvalue weighted by Gasteiger charge is 2.07. The summed E-state index contributed by atoms with van der Waals surface area (Å²) >= 11 is 0. The molecule has 0 unspecified atom stereocenters. The molecule has 0 aliphatic rings. The highest BCUT2D eigenvalue weighted by atomic mass is 16.5. The summed E-state index contributed by atoms with van der Waals surface area (Å²) in [5, 5.41) is 9.99. The van der Waals surface area contributed by atoms with Gasteiger partial charge in [-0.25, -0.2) is 4.79 Å². The molecule has 0 spiro atoms. The van der Waals surface area contributed by atoms with Gasteiger partial charge in [0.15, 0.2) is 11.5 Å². The molecule has 2 aromatic rings. The first-order chi connectivity index (χ1) is 10.7. The van der Waals surface area contributed by atoms with Crippen LogP contribution in [0.3, 0.4) is 0 Å². The molecule has 0 saturated carbocycles. The third-order valence-electron chi connectivity index (χ3n) is 2.96. The number of methoxy groups -OCH3 is 1. The molecule has 0 atom stereocenters. The predicted molar refractivity (Wildman–Crippen MR) is 84.3 cm³/mol. The highest BCUT2D eigenvalue weighted by molar-refractivity contribution is 5.91. The number of nitrogens with zero attached hydrogens (tertiary/aromatic N) is 1. The highest BCUT2D eigenvalue weighted by Crippen LogP contribution is 2.28. The Labute approximate surface area is 128 Å². The zero-order valence-corrected chi connectivity index (χ0v) is 12.4. The molecule has 0 bridgehead atoms. The lowest BCUT2D eigenvalue weighted by Crippen LogP contribution is -2.03. The molecule has 1 N–H and O–H groups in total. The minimum absolute atomic E-state index is 0.0234. The molecular formula is C17H17NO4. The Hall–Kier alpha value is -2.82. The van der Waals surface area contributed by atoms with Gasteiger partial charge in [-0.05, 0) is 37.3 Å². The van der Waals surface area contributed by atoms with Gasteiger partial charge >= 0.3 is 5.97 Å². The van der Waals surface area contributed by atoms with E-state index in [4.69, 9.17) is 9.47 Å². The number of benzene rings is 2. The largest absolute Gasteiger partial charge is 0.504 e. The van der Waals surface area contributed by atoms with Gasteiger partial charge in [-0.2, -0.15) is 0 Å². The van der Waals surface area contributed by atoms with E-state index < -0.39 is 0 Å². The van der Waals surface area contributed by atoms with Crippen LogP contribution in [0.5, 0.6) is 11.5 Å². The number of phenolic OH excluding ortho intramolecular Hbond substituents is 1. The summed E-state index contributed by atoms with van der Waals surface area (Å²) in [7, 11) is 1.48. The van der Waals surface area contributed by atoms with Crippen LogP contribution in [0.15, 0.2) is 47.5 Å². The third kappa shape index (κ3) is 3.63. The number of para-hydroxylation sites is 1. The van der Waals surface area contributed by atoms with Crippen molar-refractivity contribution in [1.82, 2.24) is 0 Å². The van der Waals surface area contributed by atoms with Crippen LogP contribution in [-0.4, -0.2) is 31.0 Å². The second kappa shape index (κ2) is 7.26. The van der Waals surface area contributed by atoms with Crippen molar-refractivity contribution in [3.63, 3.8) is 0 Å². The van der Waals surface area contributed by atoms with E-state index >= 15 is 0 Å². The van der Waals surface area contributed by atoms with Gasteiger partial charge in [-0.15, -0.1) is 0 Å². The Balaban J connectivity index is 2.24. The standard InChI is InChI=1S/C17H17NO4/c1-3-22-17(20)12-6-4-8-14(10-12)18-11-13-7-5-9-15(21-2)16(13)19/h4-11,19H,3H2,1-2H3. The van der Waals surface area contributed by atoms with Crippen molar-refractivity contribution in [1.29, 1.82) is 0 Å². The van der Waals surface area contributed by atoms with E-state index in [1.165, 1.54) is 13.3 Å². The van der Waals surface area contributed by atoms with Crippen LogP contribution in [0.1, 0.15) is 22.8 Å². The number of carbonyl (C=O) groups is 1. The van der Waals surface area contributed by atoms with Gasteiger partial charge in [0, 0.05) is 11.8 Å². The molecule has 22 heavy (non-hydrogen) atoms. The van der Waals surface area contributed by atoms with Crippen molar-refractivity contribution >= 4 is 17.9 Å². The molecule has 0 radical (unpaired) electrons. The van der Waals surface area contributed by atoms with E-state index in [0.717, 1.165) is 0 Å². The van der Waals surface area contributed by atoms with Crippen LogP contribution in [0.2, 0.25) is 0 Å². The number of aliphatic imine (C=N–C) groups is 1. The predicted octanol–water partition coefficient (Wildman–Crippen LogP) is 3.33. The average Bonchev–Trinajstić information content (AvgIpc) is 2.54. The van der Waals surface area contributed by atoms with Crippen molar-refractivity contribution in [2.24, 2.45) is 4.99 Å². The van der Waals surface area contributed by atoms with Gasteiger partial charge in [0.2, 0.25) is 0 Å². The number of esters is 1. The number of carbonyl (C=O) groups excluding carboxylic acids is 1. The molecule has 0 aliphatic heterocycles. The van der Waals surface area contributed by atoms with Gasteiger partial charge in [0.25, 0.3) is 0 Å². The Bertz CT molecular complexity index is 695. The Kier molecular flexibility index (Phi) is 5.14. The van der Waals surface area contributed by atoms with Crippen LogP contribution in [0, 0.1) is 0 Å². The monoisotopic (exact) mass is 299 g/mol. The van der Waals surface area contributed by atoms with Gasteiger partial charge in [-0.1, -0.05) is 12.1 Å². The molecule has 2 rings (SSSR count). The Morgan fingerprint density at radius 3 is 2.77 bits per heavy atom. The summed E-state index contributed by atoms with van der Waals surface area (Å²) in [4.78, 5) is 15.9. The Morgan fingerprint density at radius 1 is 1.27 bits per heavy atom. The maximum Gasteiger partial charge on any atom is 0.338 e. The van der Waals surface area contributed by atoms with Crippen molar-refractivity contribution in [2.75, 3.05) is 13.7 Å². The van der Waals surface area contributed by atoms with Crippen LogP contribution >= 0.6 is 0 Å². The van der Waals surface area contributed by atoms with Crippen molar-refractivity contribution in [3.05, 3.63) is 53.6 Å². The minimum Gasteiger partial charge on any atom is -0.504 e. The van der Waals surface area contributed by atoms with Crippen molar-refractivity contribution in [2.45, 2.75) is 6.92 Å². The van der Waals surface area contributed by atoms with E-state index in [0.29, 0.717) is 29.2 Å². The third-order valence-corrected chi connectivity index (χ3v) is 2.96. The van der Waals surface area contributed by atoms with Crippen molar-refractivity contribution in [3.8, 4) is 11.5 Å². The lowest BCUT2D eigenvalue weighted by atomic mass is 10.2. The van der Waals surface area contributed by atoms with E-state index in [1.54, 1.807) is 49.4 Å². The fraction of sp³-hybridized carbons (Fsp3) is 0.176. The summed E-state index contributed by atoms with van der Waals surface area (Å²) in [6.07, 6.45) is 1.52. The number of rotatable bonds is 5. The average molecular weight is 299 g/mol. The molecule has 0 heterocycles. The summed E-state index contributed by atoms with van der Waals surface area (Å²) in [5.41, 5.74) is 1.56. The van der Waals surface area contributed by atoms with Gasteiger partial charge in [0.05, 0.1) is 25.0 Å². The number of hydrogen-bond donors (Lipinski definition) is 1. The van der Waals surface area contributed by atoms with Crippen LogP contribution < -0.4 is 4.74 Å². The maximum absolute atomic E-state index is 11.7. The summed E-state index contributed by atoms with van der Waals surface area (Å²) in [6, 6.07) is 11.9. The summed E-state index contributed by atoms with van der Waals surface area (Å²) < 4.78 is 9.99. The number of aromatic hydroxyl groups is 1. The zero-order chi connectivity index (χ0) is 15.9. The smallest absolute Gasteiger partial charge is 0.338 e. The molecule has 114 valence electrons. The molecule has 5 heteroatoms. The summed E-state index contributed by atoms with van der Waals surface area (Å²) in [6.45, 7) is 2.08. The number of hydrogen-bond acceptors (Lipinski definition) is 5. The molecule has 0 aromatic heterocycles. The fourth-order valence-electron chi connectivity index (χ4n) is 1.88. The number of ether oxygens (including phenoxy) is 2. The zero-order valence-electron chi connectivity index (χ0n) is 12.4. The van der Waals surface area contributed by atoms with Crippen LogP contribution in [-0.2, 0) is 4.74 Å². The summed E-state index contributed by atoms with van der Waals surface area (Å²) in [5.74, 6) is 0.0169. The molecular weight excluding hydrogens is 282 g/mol. The first-order valence-corrected chi connectivity index (χ1v) is 6.83. The molecule has 0 amide bonds. The lowest BCUT2D eigenvalue weighted by Gasteiger charge is -2.05. The normalized spacial score (nSPS) is 10.6. The van der Waals surface area contributed by atoms with Gasteiger partial charge < -0.3 is 14.6 Å². The first-order valence-electron chi connectivity index (χ1n) is 6.83. The molecule has 5 nitrogen and oxygen atoms in total. The SMILES string of the molecule is CCOC(=O)c1cccc(N=Cc2cccc(OC)c2O)c1. The first kappa shape index (κ1) is 15.6. The lowest BCUT2D eigenvalue weighted by molar-refractivity contribution is 0.0526. The van der Waals surface area contributed by atoms with E-state index in [-0.39, 0.29) is 11.7 Å². The van der Waals surface area contributed by atoms with Crippen LogP contribution in [0.25, 0.3) is 0 Å². The number of phenols is 1. The topological polar surface area (TPSA) is 68.1 Å². The minimum atomic E-state index is -0.385. The second-order valence-corrected chi connectivity index (χ2v) is 4.43. The van der Waals surface area contributed by atoms with E-state index in [9.17, 15) is 9.90 Å². The van der Waals surface area contributed by atoms with Gasteiger partial charge in [-0.3, -0.25) is 4.99 Å². The van der Waals surface area contributed by atoms with Gasteiger partial charge in [0.1, 0.15) is 0 Å². The maximum atomic E-state index is 11.7. The van der Waals surface area contributed by atoms with E-state index in [1.807, 2.05) is 0 Å².